The second-order valence-electron chi connectivity index (χ2n) is 15.8. The molecule has 8 rings (SSSR count). The molecule has 0 radical (unpaired) electrons. The summed E-state index contributed by atoms with van der Waals surface area (Å²) in [6.07, 6.45) is 5.80. The first-order valence-electron chi connectivity index (χ1n) is 19.6. The van der Waals surface area contributed by atoms with E-state index in [2.05, 4.69) is 36.4 Å². The van der Waals surface area contributed by atoms with Gasteiger partial charge in [-0.1, -0.05) is 73.0 Å². The van der Waals surface area contributed by atoms with Gasteiger partial charge in [0.15, 0.2) is 12.2 Å². The summed E-state index contributed by atoms with van der Waals surface area (Å²) < 4.78 is 31.6. The van der Waals surface area contributed by atoms with Crippen molar-refractivity contribution in [1.29, 1.82) is 0 Å². The van der Waals surface area contributed by atoms with Crippen LogP contribution in [0.5, 0.6) is 5.75 Å². The molecular formula is C46H52O8. The fraction of sp³-hybridized carbons (Fsp3) is 0.457. The van der Waals surface area contributed by atoms with Crippen LogP contribution in [0.15, 0.2) is 93.2 Å². The van der Waals surface area contributed by atoms with Gasteiger partial charge in [-0.2, -0.15) is 0 Å². The second kappa shape index (κ2) is 16.4. The van der Waals surface area contributed by atoms with Crippen LogP contribution in [-0.2, 0) is 49.5 Å². The Morgan fingerprint density at radius 3 is 2.31 bits per heavy atom. The SMILES string of the molecule is COCCc1cc2ccc3c(c2oc1=O)[C@H]1OC(=O)C[C@H](CCc2ccccc2)Cc2ccc(cc2)CCC(=C(C)C)C(=O)O[C@@H]1[C@](C)(C1CCCC1)O3. The Kier molecular flexibility index (Phi) is 11.4. The zero-order chi connectivity index (χ0) is 37.8. The van der Waals surface area contributed by atoms with Gasteiger partial charge in [0.05, 0.1) is 12.2 Å². The van der Waals surface area contributed by atoms with Crippen molar-refractivity contribution < 1.29 is 33.0 Å². The number of carbonyl (C=O) groups is 2. The van der Waals surface area contributed by atoms with Crippen LogP contribution in [0, 0.1) is 11.8 Å². The van der Waals surface area contributed by atoms with E-state index in [4.69, 9.17) is 23.4 Å². The van der Waals surface area contributed by atoms with Gasteiger partial charge in [-0.3, -0.25) is 4.79 Å². The Hall–Kier alpha value is -4.69. The number of hydrogen-bond acceptors (Lipinski definition) is 8. The monoisotopic (exact) mass is 732 g/mol. The molecule has 8 heteroatoms. The van der Waals surface area contributed by atoms with E-state index in [1.165, 1.54) is 5.56 Å². The van der Waals surface area contributed by atoms with Crippen LogP contribution < -0.4 is 10.4 Å². The fourth-order valence-electron chi connectivity index (χ4n) is 8.74. The summed E-state index contributed by atoms with van der Waals surface area (Å²) >= 11 is 0. The van der Waals surface area contributed by atoms with Gasteiger partial charge in [-0.15, -0.1) is 0 Å². The first-order chi connectivity index (χ1) is 26.1. The Morgan fingerprint density at radius 1 is 0.852 bits per heavy atom. The summed E-state index contributed by atoms with van der Waals surface area (Å²) in [5.74, 6) is -0.356. The molecule has 1 aromatic heterocycles. The molecule has 0 spiro atoms. The van der Waals surface area contributed by atoms with Crippen molar-refractivity contribution in [2.24, 2.45) is 11.8 Å². The summed E-state index contributed by atoms with van der Waals surface area (Å²) in [6.45, 7) is 6.21. The normalized spacial score (nSPS) is 23.7. The number of hydrogen-bond donors (Lipinski definition) is 0. The lowest BCUT2D eigenvalue weighted by atomic mass is 9.76. The zero-order valence-electron chi connectivity index (χ0n) is 32.0. The molecule has 4 aliphatic rings. The molecule has 284 valence electrons. The maximum absolute atomic E-state index is 14.5. The van der Waals surface area contributed by atoms with E-state index >= 15 is 0 Å². The van der Waals surface area contributed by atoms with Crippen LogP contribution in [-0.4, -0.2) is 37.4 Å². The van der Waals surface area contributed by atoms with Crippen LogP contribution in [0.25, 0.3) is 11.0 Å². The molecule has 0 unspecified atom stereocenters. The largest absolute Gasteiger partial charge is 0.483 e. The number of aryl methyl sites for hydroxylation is 2. The predicted molar refractivity (Wildman–Crippen MR) is 207 cm³/mol. The molecule has 0 N–H and O–H groups in total. The molecule has 3 aromatic carbocycles. The molecule has 0 amide bonds. The minimum absolute atomic E-state index is 0.0101. The second-order valence-corrected chi connectivity index (χ2v) is 15.8. The van der Waals surface area contributed by atoms with Crippen LogP contribution in [0.4, 0.5) is 0 Å². The highest BCUT2D eigenvalue weighted by Gasteiger charge is 2.56. The van der Waals surface area contributed by atoms with Crippen molar-refractivity contribution >= 4 is 22.9 Å². The number of esters is 2. The summed E-state index contributed by atoms with van der Waals surface area (Å²) in [6, 6.07) is 24.4. The summed E-state index contributed by atoms with van der Waals surface area (Å²) in [5.41, 5.74) is 4.61. The molecule has 4 aromatic rings. The van der Waals surface area contributed by atoms with Gasteiger partial charge in [0.25, 0.3) is 0 Å². The van der Waals surface area contributed by atoms with Gasteiger partial charge < -0.3 is 23.4 Å². The van der Waals surface area contributed by atoms with Crippen molar-refractivity contribution in [2.45, 2.75) is 109 Å². The molecule has 54 heavy (non-hydrogen) atoms. The van der Waals surface area contributed by atoms with Gasteiger partial charge in [0, 0.05) is 42.4 Å². The van der Waals surface area contributed by atoms with E-state index < -0.39 is 35.4 Å². The minimum atomic E-state index is -1.08. The molecule has 8 nitrogen and oxygen atoms in total. The van der Waals surface area contributed by atoms with E-state index in [0.29, 0.717) is 60.1 Å². The number of carbonyl (C=O) groups excluding carboxylic acids is 2. The molecular weight excluding hydrogens is 680 g/mol. The quantitative estimate of drug-likeness (QED) is 0.105. The molecule has 1 fully saturated rings. The van der Waals surface area contributed by atoms with E-state index in [0.717, 1.165) is 55.2 Å². The van der Waals surface area contributed by atoms with Crippen molar-refractivity contribution in [3.05, 3.63) is 122 Å². The Balaban J connectivity index is 1.35. The topological polar surface area (TPSA) is 101 Å². The lowest BCUT2D eigenvalue weighted by Gasteiger charge is -2.48. The lowest BCUT2D eigenvalue weighted by Crippen LogP contribution is -2.58. The average Bonchev–Trinajstić information content (AvgIpc) is 3.71. The standard InChI is InChI=1S/C46H52O8/c1-29(2)37-22-20-31-14-17-32(18-15-31)26-33(19-16-30-10-6-5-7-11-30)27-39(47)51-42-40-38(23-21-34-28-35(24-25-50-4)44(48)52-41(34)40)54-46(3,36-12-8-9-13-36)43(42)53-45(37)49/h5-7,10-11,14-15,17-18,21,23,28,33,36,42-43H,8-9,12-13,16,19-20,22,24-27H2,1-4H3/t33-,42-,43+,46+/m1/s1. The summed E-state index contributed by atoms with van der Waals surface area (Å²) in [7, 11) is 1.59. The Morgan fingerprint density at radius 2 is 1.59 bits per heavy atom. The van der Waals surface area contributed by atoms with Crippen molar-refractivity contribution in [3.63, 3.8) is 0 Å². The molecule has 4 heterocycles. The van der Waals surface area contributed by atoms with Gasteiger partial charge >= 0.3 is 17.6 Å². The highest BCUT2D eigenvalue weighted by atomic mass is 16.6. The fourth-order valence-corrected chi connectivity index (χ4v) is 8.74. The molecule has 2 bridgehead atoms. The van der Waals surface area contributed by atoms with Crippen molar-refractivity contribution in [1.82, 2.24) is 0 Å². The van der Waals surface area contributed by atoms with E-state index in [1.807, 2.05) is 51.1 Å². The van der Waals surface area contributed by atoms with Crippen LogP contribution >= 0.6 is 0 Å². The Labute approximate surface area is 317 Å². The highest BCUT2D eigenvalue weighted by Crippen LogP contribution is 2.52. The first kappa shape index (κ1) is 37.6. The third kappa shape index (κ3) is 8.04. The molecule has 1 saturated carbocycles. The minimum Gasteiger partial charge on any atom is -0.483 e. The van der Waals surface area contributed by atoms with E-state index in [-0.39, 0.29) is 23.8 Å². The van der Waals surface area contributed by atoms with Gasteiger partial charge in [0.2, 0.25) is 0 Å². The number of fused-ring (bicyclic) bond motifs is 13. The maximum atomic E-state index is 14.5. The molecule has 0 saturated heterocycles. The lowest BCUT2D eigenvalue weighted by molar-refractivity contribution is -0.199. The molecule has 1 aliphatic carbocycles. The summed E-state index contributed by atoms with van der Waals surface area (Å²) in [5, 5.41) is 0.662. The number of benzene rings is 3. The Bertz CT molecular complexity index is 2050. The molecule has 4 atom stereocenters. The van der Waals surface area contributed by atoms with Gasteiger partial charge in [-0.05, 0) is 107 Å². The number of ether oxygens (including phenoxy) is 4. The van der Waals surface area contributed by atoms with Gasteiger partial charge in [-0.25, -0.2) is 9.59 Å². The van der Waals surface area contributed by atoms with Gasteiger partial charge in [0.1, 0.15) is 16.9 Å². The highest BCUT2D eigenvalue weighted by molar-refractivity contribution is 5.90. The number of methoxy groups -OCH3 is 1. The first-order valence-corrected chi connectivity index (χ1v) is 19.6. The summed E-state index contributed by atoms with van der Waals surface area (Å²) in [4.78, 5) is 42.3. The third-order valence-electron chi connectivity index (χ3n) is 11.9. The molecule has 3 aliphatic heterocycles. The zero-order valence-corrected chi connectivity index (χ0v) is 32.0. The van der Waals surface area contributed by atoms with Crippen LogP contribution in [0.3, 0.4) is 0 Å². The van der Waals surface area contributed by atoms with Crippen molar-refractivity contribution in [3.8, 4) is 5.75 Å². The van der Waals surface area contributed by atoms with E-state index in [9.17, 15) is 14.4 Å². The van der Waals surface area contributed by atoms with Crippen LogP contribution in [0.1, 0.15) is 99.6 Å². The number of rotatable bonds is 7. The van der Waals surface area contributed by atoms with Crippen molar-refractivity contribution in [2.75, 3.05) is 13.7 Å². The smallest absolute Gasteiger partial charge is 0.339 e. The maximum Gasteiger partial charge on any atom is 0.339 e. The average molecular weight is 733 g/mol. The predicted octanol–water partition coefficient (Wildman–Crippen LogP) is 8.98. The number of allylic oxidation sites excluding steroid dienone is 1. The van der Waals surface area contributed by atoms with E-state index in [1.54, 1.807) is 13.2 Å². The van der Waals surface area contributed by atoms with Crippen LogP contribution in [0.2, 0.25) is 0 Å². The third-order valence-corrected chi connectivity index (χ3v) is 11.9.